The van der Waals surface area contributed by atoms with E-state index in [0.717, 1.165) is 26.5 Å². The van der Waals surface area contributed by atoms with Gasteiger partial charge in [0, 0.05) is 4.47 Å². The van der Waals surface area contributed by atoms with Crippen LogP contribution in [0.1, 0.15) is 5.56 Å². The van der Waals surface area contributed by atoms with E-state index in [4.69, 9.17) is 47.0 Å². The quantitative estimate of drug-likeness (QED) is 0.211. The molecule has 3 N–H and O–H groups in total. The van der Waals surface area contributed by atoms with Crippen molar-refractivity contribution in [1.82, 2.24) is 10.6 Å². The summed E-state index contributed by atoms with van der Waals surface area (Å²) >= 11 is 27.0. The Labute approximate surface area is 203 Å². The Bertz CT molecular complexity index is 1070. The molecule has 1 amide bonds. The Morgan fingerprint density at radius 1 is 0.967 bits per heavy atom. The lowest BCUT2D eigenvalue weighted by Crippen LogP contribution is -2.56. The van der Waals surface area contributed by atoms with Crippen molar-refractivity contribution in [3.63, 3.8) is 0 Å². The molecule has 0 aliphatic heterocycles. The van der Waals surface area contributed by atoms with Crippen molar-refractivity contribution >= 4 is 90.4 Å². The van der Waals surface area contributed by atoms with E-state index in [-0.39, 0.29) is 17.4 Å². The number of rotatable bonds is 5. The molecule has 0 aliphatic carbocycles. The van der Waals surface area contributed by atoms with E-state index in [1.807, 2.05) is 66.7 Å². The first-order valence-corrected chi connectivity index (χ1v) is 11.2. The highest BCUT2D eigenvalue weighted by Crippen LogP contribution is 2.29. The van der Waals surface area contributed by atoms with Crippen molar-refractivity contribution < 1.29 is 4.79 Å². The van der Waals surface area contributed by atoms with Gasteiger partial charge in [-0.2, -0.15) is 0 Å². The number of alkyl halides is 3. The Morgan fingerprint density at radius 2 is 1.63 bits per heavy atom. The number of nitrogens with one attached hydrogen (secondary N) is 3. The molecule has 0 bridgehead atoms. The molecular formula is C21H17BrCl3N3OS. The molecule has 3 aromatic carbocycles. The molecule has 3 aromatic rings. The first-order valence-electron chi connectivity index (χ1n) is 8.89. The second kappa shape index (κ2) is 10.2. The van der Waals surface area contributed by atoms with Crippen LogP contribution in [0.5, 0.6) is 0 Å². The van der Waals surface area contributed by atoms with Crippen LogP contribution in [0.25, 0.3) is 10.8 Å². The number of hydrogen-bond donors (Lipinski definition) is 3. The predicted molar refractivity (Wildman–Crippen MR) is 133 cm³/mol. The van der Waals surface area contributed by atoms with Gasteiger partial charge in [0.15, 0.2) is 5.11 Å². The molecule has 30 heavy (non-hydrogen) atoms. The van der Waals surface area contributed by atoms with Gasteiger partial charge in [-0.3, -0.25) is 4.79 Å². The third kappa shape index (κ3) is 6.22. The molecular weight excluding hydrogens is 529 g/mol. The normalized spacial score (nSPS) is 12.3. The number of thiocarbonyl (C=S) groups is 1. The summed E-state index contributed by atoms with van der Waals surface area (Å²) in [4.78, 5) is 12.7. The molecule has 0 unspecified atom stereocenters. The largest absolute Gasteiger partial charge is 0.339 e. The van der Waals surface area contributed by atoms with Crippen LogP contribution in [0.3, 0.4) is 0 Å². The van der Waals surface area contributed by atoms with Crippen LogP contribution in [0.4, 0.5) is 5.69 Å². The van der Waals surface area contributed by atoms with Crippen LogP contribution >= 0.6 is 63.0 Å². The lowest BCUT2D eigenvalue weighted by atomic mass is 10.0. The van der Waals surface area contributed by atoms with Gasteiger partial charge < -0.3 is 16.0 Å². The monoisotopic (exact) mass is 543 g/mol. The minimum Gasteiger partial charge on any atom is -0.339 e. The fourth-order valence-corrected chi connectivity index (χ4v) is 3.82. The van der Waals surface area contributed by atoms with Gasteiger partial charge in [0.2, 0.25) is 9.70 Å². The Hall–Kier alpha value is -1.57. The molecule has 0 saturated heterocycles. The zero-order valence-electron chi connectivity index (χ0n) is 15.5. The van der Waals surface area contributed by atoms with Gasteiger partial charge >= 0.3 is 0 Å². The first-order chi connectivity index (χ1) is 14.2. The molecule has 0 fully saturated rings. The van der Waals surface area contributed by atoms with Gasteiger partial charge in [0.25, 0.3) is 0 Å². The second-order valence-electron chi connectivity index (χ2n) is 6.44. The topological polar surface area (TPSA) is 53.2 Å². The van der Waals surface area contributed by atoms with Crippen molar-refractivity contribution in [1.29, 1.82) is 0 Å². The molecule has 0 radical (unpaired) electrons. The summed E-state index contributed by atoms with van der Waals surface area (Å²) in [5.41, 5.74) is 1.61. The first kappa shape index (κ1) is 23.1. The van der Waals surface area contributed by atoms with Crippen molar-refractivity contribution in [3.05, 3.63) is 76.8 Å². The summed E-state index contributed by atoms with van der Waals surface area (Å²) in [7, 11) is 0. The number of halogens is 4. The fraction of sp³-hybridized carbons (Fsp3) is 0.143. The molecule has 1 atom stereocenters. The highest BCUT2D eigenvalue weighted by Gasteiger charge is 2.34. The summed E-state index contributed by atoms with van der Waals surface area (Å²) in [6.07, 6.45) is -0.905. The molecule has 3 rings (SSSR count). The molecule has 0 saturated carbocycles. The number of carbonyl (C=O) groups is 1. The molecule has 0 aliphatic rings. The summed E-state index contributed by atoms with van der Waals surface area (Å²) in [5.74, 6) is -0.307. The summed E-state index contributed by atoms with van der Waals surface area (Å²) in [6, 6.07) is 21.1. The van der Waals surface area contributed by atoms with Gasteiger partial charge in [0.05, 0.1) is 12.1 Å². The van der Waals surface area contributed by atoms with Crippen molar-refractivity contribution in [2.45, 2.75) is 16.4 Å². The third-order valence-electron chi connectivity index (χ3n) is 4.26. The minimum atomic E-state index is -1.83. The number of fused-ring (bicyclic) bond motifs is 1. The highest BCUT2D eigenvalue weighted by atomic mass is 79.9. The maximum absolute atomic E-state index is 12.7. The Balaban J connectivity index is 1.69. The number of hydrogen-bond acceptors (Lipinski definition) is 2. The van der Waals surface area contributed by atoms with Crippen molar-refractivity contribution in [3.8, 4) is 0 Å². The Kier molecular flexibility index (Phi) is 7.82. The van der Waals surface area contributed by atoms with Gasteiger partial charge in [0.1, 0.15) is 6.17 Å². The van der Waals surface area contributed by atoms with Gasteiger partial charge in [-0.15, -0.1) is 0 Å². The zero-order chi connectivity index (χ0) is 21.7. The average Bonchev–Trinajstić information content (AvgIpc) is 2.69. The predicted octanol–water partition coefficient (Wildman–Crippen LogP) is 5.94. The molecule has 0 aromatic heterocycles. The molecule has 0 heterocycles. The summed E-state index contributed by atoms with van der Waals surface area (Å²) in [6.45, 7) is 0. The van der Waals surface area contributed by atoms with Crippen LogP contribution in [-0.2, 0) is 11.2 Å². The number of amides is 1. The standard InChI is InChI=1S/C21H17BrCl3N3OS/c22-16-10-3-4-11-17(16)26-20(30)28-19(21(23,24)25)27-18(29)12-14-8-5-7-13-6-1-2-9-15(13)14/h1-11,19H,12H2,(H,27,29)(H2,26,28,30)/t19-/m0/s1. The number of carbonyl (C=O) groups excluding carboxylic acids is 1. The molecule has 4 nitrogen and oxygen atoms in total. The highest BCUT2D eigenvalue weighted by molar-refractivity contribution is 9.10. The van der Waals surface area contributed by atoms with E-state index in [0.29, 0.717) is 0 Å². The minimum absolute atomic E-state index is 0.130. The fourth-order valence-electron chi connectivity index (χ4n) is 2.88. The van der Waals surface area contributed by atoms with E-state index in [1.165, 1.54) is 0 Å². The van der Waals surface area contributed by atoms with Crippen molar-refractivity contribution in [2.24, 2.45) is 0 Å². The number of benzene rings is 3. The van der Waals surface area contributed by atoms with E-state index in [9.17, 15) is 4.79 Å². The van der Waals surface area contributed by atoms with Crippen LogP contribution in [-0.4, -0.2) is 21.0 Å². The van der Waals surface area contributed by atoms with E-state index in [2.05, 4.69) is 31.9 Å². The van der Waals surface area contributed by atoms with E-state index < -0.39 is 9.96 Å². The van der Waals surface area contributed by atoms with Crippen LogP contribution in [0.15, 0.2) is 71.2 Å². The lowest BCUT2D eigenvalue weighted by molar-refractivity contribution is -0.121. The summed E-state index contributed by atoms with van der Waals surface area (Å²) < 4.78 is -1.01. The average molecular weight is 546 g/mol. The molecule has 9 heteroatoms. The van der Waals surface area contributed by atoms with Crippen LogP contribution in [0, 0.1) is 0 Å². The maximum Gasteiger partial charge on any atom is 0.228 e. The van der Waals surface area contributed by atoms with E-state index in [1.54, 1.807) is 0 Å². The number of anilines is 1. The third-order valence-corrected chi connectivity index (χ3v) is 5.83. The maximum atomic E-state index is 12.7. The number of para-hydroxylation sites is 1. The zero-order valence-corrected chi connectivity index (χ0v) is 20.1. The van der Waals surface area contributed by atoms with Gasteiger partial charge in [-0.25, -0.2) is 0 Å². The van der Waals surface area contributed by atoms with Crippen LogP contribution in [0.2, 0.25) is 0 Å². The van der Waals surface area contributed by atoms with Crippen LogP contribution < -0.4 is 16.0 Å². The molecule has 156 valence electrons. The Morgan fingerprint density at radius 3 is 2.37 bits per heavy atom. The van der Waals surface area contributed by atoms with Gasteiger partial charge in [-0.1, -0.05) is 89.4 Å². The SMILES string of the molecule is O=C(Cc1cccc2ccccc12)N[C@@H](NC(=S)Nc1ccccc1Br)C(Cl)(Cl)Cl. The molecule has 0 spiro atoms. The lowest BCUT2D eigenvalue weighted by Gasteiger charge is -2.28. The van der Waals surface area contributed by atoms with Crippen molar-refractivity contribution in [2.75, 3.05) is 5.32 Å². The van der Waals surface area contributed by atoms with E-state index >= 15 is 0 Å². The summed E-state index contributed by atoms with van der Waals surface area (Å²) in [5, 5.41) is 10.8. The smallest absolute Gasteiger partial charge is 0.228 e. The van der Waals surface area contributed by atoms with Gasteiger partial charge in [-0.05, 0) is 56.6 Å². The second-order valence-corrected chi connectivity index (χ2v) is 10.1.